The Balaban J connectivity index is 2.48. The molecular formula is C13H9FIN3O4. The molecule has 1 amide bonds. The maximum Gasteiger partial charge on any atom is 0.276 e. The molecule has 0 unspecified atom stereocenters. The van der Waals surface area contributed by atoms with Crippen molar-refractivity contribution in [2.24, 2.45) is 0 Å². The molecule has 0 aliphatic rings. The molecule has 0 saturated carbocycles. The molecule has 0 aliphatic carbocycles. The van der Waals surface area contributed by atoms with Crippen LogP contribution in [0.15, 0.2) is 36.4 Å². The molecule has 0 atom stereocenters. The molecule has 7 nitrogen and oxygen atoms in total. The number of rotatable bonds is 4. The number of non-ortho nitro benzene ring substituents is 1. The van der Waals surface area contributed by atoms with Crippen molar-refractivity contribution in [3.63, 3.8) is 0 Å². The number of carbonyl (C=O) groups is 1. The Morgan fingerprint density at radius 1 is 1.23 bits per heavy atom. The highest BCUT2D eigenvalue weighted by atomic mass is 127. The number of nitro groups is 1. The van der Waals surface area contributed by atoms with E-state index in [1.807, 2.05) is 22.6 Å². The van der Waals surface area contributed by atoms with Gasteiger partial charge in [-0.25, -0.2) is 9.87 Å². The van der Waals surface area contributed by atoms with Crippen LogP contribution in [0.1, 0.15) is 10.4 Å². The minimum Gasteiger partial charge on any atom is -0.352 e. The zero-order chi connectivity index (χ0) is 16.3. The van der Waals surface area contributed by atoms with Gasteiger partial charge in [0, 0.05) is 15.7 Å². The van der Waals surface area contributed by atoms with Gasteiger partial charge in [-0.2, -0.15) is 0 Å². The standard InChI is InChI=1S/C13H9FIN3O4/c14-10-5-7(15)1-4-11(10)16-12-6-8(18(21)22)2-3-9(12)13(19)17-20/h1-6,16,20H,(H,17,19). The fraction of sp³-hybridized carbons (Fsp3) is 0. The molecule has 9 heteroatoms. The summed E-state index contributed by atoms with van der Waals surface area (Å²) >= 11 is 1.94. The van der Waals surface area contributed by atoms with Gasteiger partial charge in [-0.15, -0.1) is 0 Å². The van der Waals surface area contributed by atoms with Gasteiger partial charge in [0.2, 0.25) is 0 Å². The number of anilines is 2. The molecule has 114 valence electrons. The van der Waals surface area contributed by atoms with Crippen LogP contribution in [0, 0.1) is 19.5 Å². The second-order valence-electron chi connectivity index (χ2n) is 4.18. The molecule has 0 heterocycles. The molecular weight excluding hydrogens is 408 g/mol. The van der Waals surface area contributed by atoms with Crippen molar-refractivity contribution < 1.29 is 19.3 Å². The number of nitro benzene ring substituents is 1. The van der Waals surface area contributed by atoms with E-state index in [-0.39, 0.29) is 22.6 Å². The van der Waals surface area contributed by atoms with Gasteiger partial charge in [-0.1, -0.05) is 0 Å². The molecule has 2 aromatic rings. The molecule has 22 heavy (non-hydrogen) atoms. The van der Waals surface area contributed by atoms with E-state index >= 15 is 0 Å². The normalized spacial score (nSPS) is 10.1. The first-order valence-corrected chi connectivity index (χ1v) is 6.95. The lowest BCUT2D eigenvalue weighted by Gasteiger charge is -2.11. The first-order chi connectivity index (χ1) is 10.4. The van der Waals surface area contributed by atoms with E-state index in [0.717, 1.165) is 18.2 Å². The summed E-state index contributed by atoms with van der Waals surface area (Å²) < 4.78 is 14.5. The topological polar surface area (TPSA) is 104 Å². The summed E-state index contributed by atoms with van der Waals surface area (Å²) in [7, 11) is 0. The van der Waals surface area contributed by atoms with Crippen LogP contribution >= 0.6 is 22.6 Å². The van der Waals surface area contributed by atoms with Crippen molar-refractivity contribution in [3.05, 3.63) is 61.5 Å². The maximum absolute atomic E-state index is 13.9. The lowest BCUT2D eigenvalue weighted by Crippen LogP contribution is -2.20. The number of hydrogen-bond donors (Lipinski definition) is 3. The highest BCUT2D eigenvalue weighted by Crippen LogP contribution is 2.28. The third kappa shape index (κ3) is 3.49. The summed E-state index contributed by atoms with van der Waals surface area (Å²) in [4.78, 5) is 21.8. The SMILES string of the molecule is O=C(NO)c1ccc([N+](=O)[O-])cc1Nc1ccc(I)cc1F. The molecule has 0 bridgehead atoms. The number of nitrogens with one attached hydrogen (secondary N) is 2. The summed E-state index contributed by atoms with van der Waals surface area (Å²) in [5, 5.41) is 22.2. The van der Waals surface area contributed by atoms with E-state index in [4.69, 9.17) is 5.21 Å². The molecule has 0 aliphatic heterocycles. The summed E-state index contributed by atoms with van der Waals surface area (Å²) in [6.45, 7) is 0. The van der Waals surface area contributed by atoms with Crippen LogP contribution in [0.5, 0.6) is 0 Å². The Kier molecular flexibility index (Phi) is 4.88. The van der Waals surface area contributed by atoms with Crippen LogP contribution in [0.3, 0.4) is 0 Å². The summed E-state index contributed by atoms with van der Waals surface area (Å²) in [6, 6.07) is 7.70. The zero-order valence-corrected chi connectivity index (χ0v) is 13.0. The number of hydroxylamine groups is 1. The van der Waals surface area contributed by atoms with Gasteiger partial charge in [0.05, 0.1) is 21.9 Å². The third-order valence-corrected chi connectivity index (χ3v) is 3.43. The Labute approximate surface area is 137 Å². The molecule has 0 spiro atoms. The summed E-state index contributed by atoms with van der Waals surface area (Å²) in [5.74, 6) is -1.45. The van der Waals surface area contributed by atoms with Crippen LogP contribution in [0.25, 0.3) is 0 Å². The number of amides is 1. The lowest BCUT2D eigenvalue weighted by molar-refractivity contribution is -0.384. The molecule has 0 aromatic heterocycles. The fourth-order valence-electron chi connectivity index (χ4n) is 1.74. The van der Waals surface area contributed by atoms with E-state index in [1.54, 1.807) is 6.07 Å². The number of halogens is 2. The summed E-state index contributed by atoms with van der Waals surface area (Å²) in [6.07, 6.45) is 0. The Hall–Kier alpha value is -2.27. The predicted octanol–water partition coefficient (Wildman–Crippen LogP) is 3.20. The Morgan fingerprint density at radius 2 is 1.95 bits per heavy atom. The first kappa shape index (κ1) is 16.1. The average molecular weight is 417 g/mol. The molecule has 0 radical (unpaired) electrons. The van der Waals surface area contributed by atoms with Crippen LogP contribution in [-0.2, 0) is 0 Å². The number of nitrogens with zero attached hydrogens (tertiary/aromatic N) is 1. The monoisotopic (exact) mass is 417 g/mol. The highest BCUT2D eigenvalue weighted by molar-refractivity contribution is 14.1. The van der Waals surface area contributed by atoms with E-state index in [1.165, 1.54) is 17.6 Å². The van der Waals surface area contributed by atoms with Crippen molar-refractivity contribution >= 4 is 45.6 Å². The number of hydrogen-bond acceptors (Lipinski definition) is 5. The van der Waals surface area contributed by atoms with Crippen molar-refractivity contribution in [2.45, 2.75) is 0 Å². The number of benzene rings is 2. The molecule has 2 aromatic carbocycles. The largest absolute Gasteiger partial charge is 0.352 e. The van der Waals surface area contributed by atoms with Crippen molar-refractivity contribution in [2.75, 3.05) is 5.32 Å². The fourth-order valence-corrected chi connectivity index (χ4v) is 2.20. The zero-order valence-electron chi connectivity index (χ0n) is 10.8. The molecule has 2 rings (SSSR count). The van der Waals surface area contributed by atoms with Gasteiger partial charge >= 0.3 is 0 Å². The third-order valence-electron chi connectivity index (χ3n) is 2.76. The molecule has 0 saturated heterocycles. The smallest absolute Gasteiger partial charge is 0.276 e. The number of carbonyl (C=O) groups excluding carboxylic acids is 1. The van der Waals surface area contributed by atoms with Gasteiger partial charge in [0.15, 0.2) is 0 Å². The van der Waals surface area contributed by atoms with E-state index < -0.39 is 16.6 Å². The second kappa shape index (κ2) is 6.66. The summed E-state index contributed by atoms with van der Waals surface area (Å²) in [5.41, 5.74) is 1.15. The maximum atomic E-state index is 13.9. The Bertz CT molecular complexity index is 754. The minimum absolute atomic E-state index is 0.000795. The van der Waals surface area contributed by atoms with E-state index in [0.29, 0.717) is 3.57 Å². The van der Waals surface area contributed by atoms with Gasteiger partial charge in [-0.05, 0) is 46.9 Å². The van der Waals surface area contributed by atoms with E-state index in [9.17, 15) is 19.3 Å². The predicted molar refractivity (Wildman–Crippen MR) is 84.7 cm³/mol. The van der Waals surface area contributed by atoms with Gasteiger partial charge in [0.25, 0.3) is 11.6 Å². The highest BCUT2D eigenvalue weighted by Gasteiger charge is 2.17. The van der Waals surface area contributed by atoms with Crippen LogP contribution in [0.4, 0.5) is 21.5 Å². The quantitative estimate of drug-likeness (QED) is 0.307. The minimum atomic E-state index is -0.872. The van der Waals surface area contributed by atoms with Gasteiger partial charge < -0.3 is 5.32 Å². The van der Waals surface area contributed by atoms with E-state index in [2.05, 4.69) is 5.32 Å². The van der Waals surface area contributed by atoms with Crippen molar-refractivity contribution in [3.8, 4) is 0 Å². The van der Waals surface area contributed by atoms with Crippen LogP contribution in [-0.4, -0.2) is 16.0 Å². The molecule has 3 N–H and O–H groups in total. The molecule has 0 fully saturated rings. The Morgan fingerprint density at radius 3 is 2.55 bits per heavy atom. The van der Waals surface area contributed by atoms with Crippen molar-refractivity contribution in [1.29, 1.82) is 0 Å². The van der Waals surface area contributed by atoms with Gasteiger partial charge in [0.1, 0.15) is 5.82 Å². The van der Waals surface area contributed by atoms with Crippen LogP contribution < -0.4 is 10.8 Å². The van der Waals surface area contributed by atoms with Gasteiger partial charge in [-0.3, -0.25) is 20.1 Å². The van der Waals surface area contributed by atoms with Crippen LogP contribution in [0.2, 0.25) is 0 Å². The average Bonchev–Trinajstić information content (AvgIpc) is 2.49. The first-order valence-electron chi connectivity index (χ1n) is 5.87. The van der Waals surface area contributed by atoms with Crippen molar-refractivity contribution in [1.82, 2.24) is 5.48 Å². The lowest BCUT2D eigenvalue weighted by atomic mass is 10.1. The second-order valence-corrected chi connectivity index (χ2v) is 5.42.